The van der Waals surface area contributed by atoms with Crippen molar-refractivity contribution >= 4 is 11.6 Å². The lowest BCUT2D eigenvalue weighted by Crippen LogP contribution is -2.23. The molecule has 19 heavy (non-hydrogen) atoms. The van der Waals surface area contributed by atoms with Crippen molar-refractivity contribution in [3.05, 3.63) is 53.1 Å². The summed E-state index contributed by atoms with van der Waals surface area (Å²) < 4.78 is 5.21. The quantitative estimate of drug-likeness (QED) is 0.913. The summed E-state index contributed by atoms with van der Waals surface area (Å²) >= 11 is 6.22. The molecule has 100 valence electrons. The summed E-state index contributed by atoms with van der Waals surface area (Å²) in [7, 11) is 1.62. The van der Waals surface area contributed by atoms with Crippen molar-refractivity contribution in [1.82, 2.24) is 15.3 Å². The zero-order valence-electron chi connectivity index (χ0n) is 10.9. The van der Waals surface area contributed by atoms with E-state index in [9.17, 15) is 0 Å². The summed E-state index contributed by atoms with van der Waals surface area (Å²) in [5.74, 6) is 0.715. The van der Waals surface area contributed by atoms with Crippen LogP contribution in [0.15, 0.2) is 36.8 Å². The van der Waals surface area contributed by atoms with Crippen LogP contribution < -0.4 is 10.1 Å². The number of rotatable bonds is 5. The Hall–Kier alpha value is -1.65. The van der Waals surface area contributed by atoms with Gasteiger partial charge in [0.2, 0.25) is 0 Å². The van der Waals surface area contributed by atoms with E-state index in [2.05, 4.69) is 15.3 Å². The number of nitrogens with one attached hydrogen (secondary N) is 1. The Balaban J connectivity index is 2.42. The van der Waals surface area contributed by atoms with Crippen molar-refractivity contribution in [1.29, 1.82) is 0 Å². The highest BCUT2D eigenvalue weighted by atomic mass is 35.5. The van der Waals surface area contributed by atoms with E-state index < -0.39 is 0 Å². The first-order chi connectivity index (χ1) is 9.26. The lowest BCUT2D eigenvalue weighted by molar-refractivity contribution is 0.411. The Morgan fingerprint density at radius 3 is 2.95 bits per heavy atom. The maximum atomic E-state index is 6.22. The summed E-state index contributed by atoms with van der Waals surface area (Å²) in [4.78, 5) is 8.54. The highest BCUT2D eigenvalue weighted by Crippen LogP contribution is 2.27. The molecule has 2 heterocycles. The molecule has 2 rings (SSSR count). The monoisotopic (exact) mass is 277 g/mol. The van der Waals surface area contributed by atoms with Gasteiger partial charge in [0.15, 0.2) is 0 Å². The van der Waals surface area contributed by atoms with Crippen LogP contribution in [-0.4, -0.2) is 23.6 Å². The maximum Gasteiger partial charge on any atom is 0.137 e. The van der Waals surface area contributed by atoms with Crippen LogP contribution in [0.5, 0.6) is 5.75 Å². The summed E-state index contributed by atoms with van der Waals surface area (Å²) in [6.45, 7) is 2.84. The number of ether oxygens (including phenoxy) is 1. The third-order valence-corrected chi connectivity index (χ3v) is 3.09. The first kappa shape index (κ1) is 13.8. The van der Waals surface area contributed by atoms with Crippen molar-refractivity contribution in [3.63, 3.8) is 0 Å². The van der Waals surface area contributed by atoms with Crippen LogP contribution in [0.3, 0.4) is 0 Å². The van der Waals surface area contributed by atoms with E-state index in [0.29, 0.717) is 10.8 Å². The first-order valence-electron chi connectivity index (χ1n) is 6.09. The lowest BCUT2D eigenvalue weighted by atomic mass is 10.0. The molecule has 0 radical (unpaired) electrons. The minimum Gasteiger partial charge on any atom is -0.495 e. The van der Waals surface area contributed by atoms with Gasteiger partial charge in [-0.2, -0.15) is 0 Å². The smallest absolute Gasteiger partial charge is 0.137 e. The average Bonchev–Trinajstić information content (AvgIpc) is 2.46. The third kappa shape index (κ3) is 3.22. The van der Waals surface area contributed by atoms with Gasteiger partial charge in [-0.25, -0.2) is 0 Å². The number of methoxy groups -OCH3 is 1. The van der Waals surface area contributed by atoms with Crippen molar-refractivity contribution in [2.24, 2.45) is 0 Å². The number of hydrogen-bond donors (Lipinski definition) is 1. The van der Waals surface area contributed by atoms with Crippen molar-refractivity contribution in [2.75, 3.05) is 13.7 Å². The zero-order chi connectivity index (χ0) is 13.7. The number of nitrogens with zero attached hydrogens (tertiary/aromatic N) is 2. The Kier molecular flexibility index (Phi) is 4.71. The minimum atomic E-state index is -0.0960. The molecule has 0 fully saturated rings. The molecule has 0 aliphatic carbocycles. The SMILES string of the molecule is CCNC(c1cncc(OC)c1)c1ncccc1Cl. The molecular weight excluding hydrogens is 262 g/mol. The van der Waals surface area contributed by atoms with Crippen molar-refractivity contribution < 1.29 is 4.74 Å². The predicted octanol–water partition coefficient (Wildman–Crippen LogP) is 2.84. The van der Waals surface area contributed by atoms with Crippen LogP contribution in [0.25, 0.3) is 0 Å². The lowest BCUT2D eigenvalue weighted by Gasteiger charge is -2.19. The van der Waals surface area contributed by atoms with Crippen molar-refractivity contribution in [3.8, 4) is 5.75 Å². The molecule has 0 saturated carbocycles. The molecule has 5 heteroatoms. The van der Waals surface area contributed by atoms with E-state index >= 15 is 0 Å². The molecule has 1 atom stereocenters. The standard InChI is InChI=1S/C14H16ClN3O/c1-3-17-13(14-12(15)5-4-6-18-14)10-7-11(19-2)9-16-8-10/h4-9,13,17H,3H2,1-2H3. The fraction of sp³-hybridized carbons (Fsp3) is 0.286. The van der Waals surface area contributed by atoms with E-state index in [-0.39, 0.29) is 6.04 Å². The second-order valence-electron chi connectivity index (χ2n) is 4.02. The topological polar surface area (TPSA) is 47.0 Å². The van der Waals surface area contributed by atoms with Gasteiger partial charge < -0.3 is 10.1 Å². The molecule has 0 spiro atoms. The van der Waals surface area contributed by atoms with E-state index in [1.807, 2.05) is 25.1 Å². The van der Waals surface area contributed by atoms with E-state index in [4.69, 9.17) is 16.3 Å². The van der Waals surface area contributed by atoms with Gasteiger partial charge in [-0.05, 0) is 30.3 Å². The number of hydrogen-bond acceptors (Lipinski definition) is 4. The van der Waals surface area contributed by atoms with Crippen LogP contribution in [0.1, 0.15) is 24.2 Å². The summed E-state index contributed by atoms with van der Waals surface area (Å²) in [5, 5.41) is 4.00. The highest BCUT2D eigenvalue weighted by molar-refractivity contribution is 6.31. The van der Waals surface area contributed by atoms with Crippen LogP contribution in [0, 0.1) is 0 Å². The first-order valence-corrected chi connectivity index (χ1v) is 6.46. The minimum absolute atomic E-state index is 0.0960. The van der Waals surface area contributed by atoms with E-state index in [1.54, 1.807) is 25.7 Å². The van der Waals surface area contributed by atoms with Gasteiger partial charge >= 0.3 is 0 Å². The van der Waals surface area contributed by atoms with Gasteiger partial charge in [0.25, 0.3) is 0 Å². The van der Waals surface area contributed by atoms with Gasteiger partial charge in [0, 0.05) is 12.4 Å². The number of aromatic nitrogens is 2. The highest BCUT2D eigenvalue weighted by Gasteiger charge is 2.18. The fourth-order valence-electron chi connectivity index (χ4n) is 1.89. The van der Waals surface area contributed by atoms with Gasteiger partial charge in [0.05, 0.1) is 30.1 Å². The Labute approximate surface area is 117 Å². The van der Waals surface area contributed by atoms with Gasteiger partial charge in [-0.3, -0.25) is 9.97 Å². The van der Waals surface area contributed by atoms with E-state index in [1.165, 1.54) is 0 Å². The van der Waals surface area contributed by atoms with Crippen LogP contribution in [0.2, 0.25) is 5.02 Å². The summed E-state index contributed by atoms with van der Waals surface area (Å²) in [5.41, 5.74) is 1.77. The predicted molar refractivity (Wildman–Crippen MR) is 75.6 cm³/mol. The number of halogens is 1. The van der Waals surface area contributed by atoms with E-state index in [0.717, 1.165) is 17.8 Å². The molecule has 2 aromatic rings. The van der Waals surface area contributed by atoms with Gasteiger partial charge in [-0.15, -0.1) is 0 Å². The Morgan fingerprint density at radius 2 is 2.26 bits per heavy atom. The Morgan fingerprint density at radius 1 is 1.42 bits per heavy atom. The van der Waals surface area contributed by atoms with Crippen LogP contribution >= 0.6 is 11.6 Å². The van der Waals surface area contributed by atoms with Gasteiger partial charge in [-0.1, -0.05) is 18.5 Å². The summed E-state index contributed by atoms with van der Waals surface area (Å²) in [6.07, 6.45) is 5.20. The largest absolute Gasteiger partial charge is 0.495 e. The van der Waals surface area contributed by atoms with Crippen LogP contribution in [-0.2, 0) is 0 Å². The molecule has 0 aromatic carbocycles. The number of pyridine rings is 2. The molecular formula is C14H16ClN3O. The zero-order valence-corrected chi connectivity index (χ0v) is 11.7. The van der Waals surface area contributed by atoms with Crippen molar-refractivity contribution in [2.45, 2.75) is 13.0 Å². The second kappa shape index (κ2) is 6.50. The molecule has 0 bridgehead atoms. The maximum absolute atomic E-state index is 6.22. The normalized spacial score (nSPS) is 12.2. The molecule has 1 N–H and O–H groups in total. The molecule has 2 aromatic heterocycles. The Bertz CT molecular complexity index is 548. The molecule has 0 saturated heterocycles. The summed E-state index contributed by atoms with van der Waals surface area (Å²) in [6, 6.07) is 5.49. The molecule has 0 amide bonds. The molecule has 4 nitrogen and oxygen atoms in total. The second-order valence-corrected chi connectivity index (χ2v) is 4.43. The van der Waals surface area contributed by atoms with Crippen LogP contribution in [0.4, 0.5) is 0 Å². The average molecular weight is 278 g/mol. The molecule has 0 aliphatic heterocycles. The fourth-order valence-corrected chi connectivity index (χ4v) is 2.12. The molecule has 1 unspecified atom stereocenters. The van der Waals surface area contributed by atoms with Gasteiger partial charge in [0.1, 0.15) is 5.75 Å². The molecule has 0 aliphatic rings. The third-order valence-electron chi connectivity index (χ3n) is 2.77.